The summed E-state index contributed by atoms with van der Waals surface area (Å²) in [4.78, 5) is 32.1. The van der Waals surface area contributed by atoms with E-state index in [1.54, 1.807) is 13.8 Å². The van der Waals surface area contributed by atoms with E-state index in [2.05, 4.69) is 55.4 Å². The van der Waals surface area contributed by atoms with Crippen LogP contribution in [0.4, 0.5) is 5.69 Å². The number of esters is 2. The Bertz CT molecular complexity index is 1520. The van der Waals surface area contributed by atoms with Gasteiger partial charge in [-0.25, -0.2) is 0 Å². The lowest BCUT2D eigenvalue weighted by Gasteiger charge is -2.64. The molecule has 0 spiro atoms. The number of hydrogen-bond donors (Lipinski definition) is 2. The van der Waals surface area contributed by atoms with Gasteiger partial charge in [0.05, 0.1) is 5.52 Å². The molecule has 2 aromatic rings. The van der Waals surface area contributed by atoms with E-state index in [1.807, 2.05) is 30.5 Å². The first-order valence-electron chi connectivity index (χ1n) is 19.3. The molecule has 4 saturated carbocycles. The fourth-order valence-electron chi connectivity index (χ4n) is 11.7. The highest BCUT2D eigenvalue weighted by Gasteiger charge is 2.67. The van der Waals surface area contributed by atoms with Gasteiger partial charge >= 0.3 is 11.9 Å². The Morgan fingerprint density at radius 2 is 1.78 bits per heavy atom. The van der Waals surface area contributed by atoms with Crippen molar-refractivity contribution in [1.82, 2.24) is 15.2 Å². The third kappa shape index (κ3) is 7.28. The number of nitrogens with one attached hydrogen (secondary N) is 2. The topological polar surface area (TPSA) is 92.8 Å². The average Bonchev–Trinajstić information content (AvgIpc) is 3.42. The van der Waals surface area contributed by atoms with E-state index in [9.17, 15) is 9.59 Å². The summed E-state index contributed by atoms with van der Waals surface area (Å²) in [5, 5.41) is 8.97. The lowest BCUT2D eigenvalue weighted by Crippen LogP contribution is -2.63. The van der Waals surface area contributed by atoms with E-state index in [-0.39, 0.29) is 35.0 Å². The molecule has 0 bridgehead atoms. The van der Waals surface area contributed by atoms with Crippen molar-refractivity contribution >= 4 is 40.1 Å². The van der Waals surface area contributed by atoms with Crippen molar-refractivity contribution in [2.45, 2.75) is 111 Å². The standard InChI is InChI=1S/C41H61ClN4O4/c1-25(9-8-17-43-19-20-45-35-15-18-44-36-23-29(42)10-11-31(35)36)32-12-13-33-39-34(24-38(41(32,33)5)50-27(3)48)40(4)16-14-30(46(6)7)21-28(40)22-37(39)49-26(2)47/h10-11,15,18,23,25,28,30,32-34,37-39,43H,8-9,12-14,16-17,19-22,24H2,1-7H3,(H,44,45)/t25-,28+,30-,32-,33+,34+,37-,38+,39+,40+,41-/m1/s1. The van der Waals surface area contributed by atoms with Crippen molar-refractivity contribution in [3.05, 3.63) is 35.5 Å². The number of nitrogens with zero attached hydrogens (tertiary/aromatic N) is 2. The molecular formula is C41H61ClN4O4. The Hall–Kier alpha value is -2.42. The second-order valence-corrected chi connectivity index (χ2v) is 17.4. The van der Waals surface area contributed by atoms with Gasteiger partial charge in [-0.1, -0.05) is 32.4 Å². The maximum atomic E-state index is 12.7. The first-order valence-corrected chi connectivity index (χ1v) is 19.7. The van der Waals surface area contributed by atoms with Crippen LogP contribution in [0.2, 0.25) is 5.02 Å². The van der Waals surface area contributed by atoms with Gasteiger partial charge in [0, 0.05) is 66.6 Å². The monoisotopic (exact) mass is 708 g/mol. The Labute approximate surface area is 305 Å². The highest BCUT2D eigenvalue weighted by molar-refractivity contribution is 6.31. The molecule has 0 saturated heterocycles. The first kappa shape index (κ1) is 37.3. The Morgan fingerprint density at radius 3 is 2.52 bits per heavy atom. The van der Waals surface area contributed by atoms with Gasteiger partial charge in [0.2, 0.25) is 0 Å². The first-order chi connectivity index (χ1) is 23.8. The molecule has 2 N–H and O–H groups in total. The van der Waals surface area contributed by atoms with Crippen LogP contribution in [0.15, 0.2) is 30.5 Å². The van der Waals surface area contributed by atoms with E-state index in [4.69, 9.17) is 21.1 Å². The Balaban J connectivity index is 1.10. The van der Waals surface area contributed by atoms with Crippen molar-refractivity contribution < 1.29 is 19.1 Å². The Kier molecular flexibility index (Phi) is 11.4. The summed E-state index contributed by atoms with van der Waals surface area (Å²) in [6, 6.07) is 8.40. The van der Waals surface area contributed by atoms with Gasteiger partial charge < -0.3 is 25.0 Å². The molecule has 0 amide bonds. The molecule has 276 valence electrons. The predicted molar refractivity (Wildman–Crippen MR) is 201 cm³/mol. The van der Waals surface area contributed by atoms with Gasteiger partial charge in [0.1, 0.15) is 12.2 Å². The molecule has 1 aromatic carbocycles. The van der Waals surface area contributed by atoms with Crippen LogP contribution in [-0.2, 0) is 19.1 Å². The van der Waals surface area contributed by atoms with Crippen LogP contribution in [-0.4, -0.2) is 73.8 Å². The summed E-state index contributed by atoms with van der Waals surface area (Å²) in [6.07, 6.45) is 11.5. The molecule has 9 heteroatoms. The SMILES string of the molecule is CC(=O)O[C@H]1C[C@H]2[C@@H]([C@H](OC(C)=O)C[C@@H]3C[C@H](N(C)C)CC[C@@]32C)[C@@H]2CC[C@H]([C@H](C)CCCNCCNc3ccnc4cc(Cl)ccc34)[C@@]12C. The zero-order chi connectivity index (χ0) is 35.8. The number of aromatic nitrogens is 1. The summed E-state index contributed by atoms with van der Waals surface area (Å²) in [7, 11) is 4.39. The molecule has 8 nitrogen and oxygen atoms in total. The van der Waals surface area contributed by atoms with Gasteiger partial charge in [0.25, 0.3) is 0 Å². The van der Waals surface area contributed by atoms with Crippen molar-refractivity contribution in [2.24, 2.45) is 46.3 Å². The molecule has 0 aliphatic heterocycles. The number of anilines is 1. The minimum Gasteiger partial charge on any atom is -0.462 e. The molecular weight excluding hydrogens is 648 g/mol. The van der Waals surface area contributed by atoms with Gasteiger partial charge in [-0.2, -0.15) is 0 Å². The number of carbonyl (C=O) groups excluding carboxylic acids is 2. The average molecular weight is 709 g/mol. The van der Waals surface area contributed by atoms with Gasteiger partial charge in [-0.05, 0) is 138 Å². The van der Waals surface area contributed by atoms with Crippen LogP contribution in [0, 0.1) is 46.3 Å². The number of rotatable bonds is 12. The number of halogens is 1. The zero-order valence-electron chi connectivity index (χ0n) is 31.5. The lowest BCUT2D eigenvalue weighted by atomic mass is 9.43. The number of pyridine rings is 1. The van der Waals surface area contributed by atoms with Gasteiger partial charge in [-0.3, -0.25) is 14.6 Å². The minimum atomic E-state index is -0.168. The van der Waals surface area contributed by atoms with E-state index >= 15 is 0 Å². The fourth-order valence-corrected chi connectivity index (χ4v) is 11.9. The largest absolute Gasteiger partial charge is 0.462 e. The maximum absolute atomic E-state index is 12.7. The van der Waals surface area contributed by atoms with Crippen molar-refractivity contribution in [3.8, 4) is 0 Å². The summed E-state index contributed by atoms with van der Waals surface area (Å²) in [6.45, 7) is 13.2. The second-order valence-electron chi connectivity index (χ2n) is 17.0. The number of benzene rings is 1. The third-order valence-electron chi connectivity index (χ3n) is 14.2. The van der Waals surface area contributed by atoms with Crippen molar-refractivity contribution in [2.75, 3.05) is 39.0 Å². The molecule has 1 aromatic heterocycles. The highest BCUT2D eigenvalue weighted by atomic mass is 35.5. The van der Waals surface area contributed by atoms with Gasteiger partial charge in [-0.15, -0.1) is 0 Å². The van der Waals surface area contributed by atoms with Crippen LogP contribution in [0.3, 0.4) is 0 Å². The smallest absolute Gasteiger partial charge is 0.302 e. The summed E-state index contributed by atoms with van der Waals surface area (Å²) < 4.78 is 12.7. The lowest BCUT2D eigenvalue weighted by molar-refractivity contribution is -0.222. The predicted octanol–water partition coefficient (Wildman–Crippen LogP) is 7.98. The van der Waals surface area contributed by atoms with Crippen LogP contribution >= 0.6 is 11.6 Å². The van der Waals surface area contributed by atoms with Crippen LogP contribution in [0.25, 0.3) is 10.9 Å². The normalized spacial score (nSPS) is 35.5. The van der Waals surface area contributed by atoms with E-state index in [1.165, 1.54) is 12.8 Å². The molecule has 4 aliphatic rings. The molecule has 50 heavy (non-hydrogen) atoms. The third-order valence-corrected chi connectivity index (χ3v) is 14.4. The number of hydrogen-bond acceptors (Lipinski definition) is 8. The second kappa shape index (κ2) is 15.3. The maximum Gasteiger partial charge on any atom is 0.302 e. The Morgan fingerprint density at radius 1 is 1.00 bits per heavy atom. The number of fused-ring (bicyclic) bond motifs is 6. The molecule has 4 aliphatic carbocycles. The van der Waals surface area contributed by atoms with E-state index in [0.717, 1.165) is 81.2 Å². The molecule has 11 atom stereocenters. The van der Waals surface area contributed by atoms with Crippen LogP contribution in [0.1, 0.15) is 92.4 Å². The molecule has 0 radical (unpaired) electrons. The number of carbonyl (C=O) groups is 2. The highest BCUT2D eigenvalue weighted by Crippen LogP contribution is 2.69. The van der Waals surface area contributed by atoms with Crippen molar-refractivity contribution in [3.63, 3.8) is 0 Å². The minimum absolute atomic E-state index is 0.0612. The molecule has 6 rings (SSSR count). The summed E-state index contributed by atoms with van der Waals surface area (Å²) in [5.41, 5.74) is 2.00. The summed E-state index contributed by atoms with van der Waals surface area (Å²) in [5.74, 6) is 2.20. The van der Waals surface area contributed by atoms with E-state index in [0.29, 0.717) is 46.6 Å². The number of ether oxygens (including phenoxy) is 2. The fraction of sp³-hybridized carbons (Fsp3) is 0.732. The molecule has 4 fully saturated rings. The zero-order valence-corrected chi connectivity index (χ0v) is 32.2. The summed E-state index contributed by atoms with van der Waals surface area (Å²) >= 11 is 6.16. The quantitative estimate of drug-likeness (QED) is 0.169. The molecule has 1 heterocycles. The van der Waals surface area contributed by atoms with Crippen molar-refractivity contribution in [1.29, 1.82) is 0 Å². The van der Waals surface area contributed by atoms with E-state index < -0.39 is 0 Å². The van der Waals surface area contributed by atoms with Crippen LogP contribution in [0.5, 0.6) is 0 Å². The molecule has 0 unspecified atom stereocenters. The van der Waals surface area contributed by atoms with Crippen LogP contribution < -0.4 is 10.6 Å². The van der Waals surface area contributed by atoms with Gasteiger partial charge in [0.15, 0.2) is 0 Å².